The zero-order chi connectivity index (χ0) is 11.5. The highest BCUT2D eigenvalue weighted by Crippen LogP contribution is 1.99. The van der Waals surface area contributed by atoms with E-state index in [9.17, 15) is 14.4 Å². The molecule has 0 radical (unpaired) electrons. The maximum absolute atomic E-state index is 11.0. The van der Waals surface area contributed by atoms with Gasteiger partial charge in [-0.2, -0.15) is 0 Å². The molecule has 0 saturated heterocycles. The second-order valence-corrected chi connectivity index (χ2v) is 2.83. The standard InChI is InChI=1S/C10H16O5/c1-2-14-9(12)5-3-6-10(13)15-8-4-7-11/h7H,2-6,8H2,1H3. The van der Waals surface area contributed by atoms with Crippen molar-refractivity contribution in [2.24, 2.45) is 0 Å². The van der Waals surface area contributed by atoms with Gasteiger partial charge < -0.3 is 14.3 Å². The van der Waals surface area contributed by atoms with Gasteiger partial charge in [-0.1, -0.05) is 0 Å². The Morgan fingerprint density at radius 2 is 1.73 bits per heavy atom. The van der Waals surface area contributed by atoms with Crippen molar-refractivity contribution < 1.29 is 23.9 Å². The zero-order valence-electron chi connectivity index (χ0n) is 8.86. The average molecular weight is 216 g/mol. The zero-order valence-corrected chi connectivity index (χ0v) is 8.86. The summed E-state index contributed by atoms with van der Waals surface area (Å²) in [5.74, 6) is -0.695. The Morgan fingerprint density at radius 1 is 1.13 bits per heavy atom. The van der Waals surface area contributed by atoms with Crippen molar-refractivity contribution in [3.63, 3.8) is 0 Å². The lowest BCUT2D eigenvalue weighted by atomic mass is 10.2. The summed E-state index contributed by atoms with van der Waals surface area (Å²) in [7, 11) is 0. The quantitative estimate of drug-likeness (QED) is 0.342. The molecule has 0 aliphatic heterocycles. The van der Waals surface area contributed by atoms with Crippen LogP contribution in [-0.4, -0.2) is 31.4 Å². The summed E-state index contributed by atoms with van der Waals surface area (Å²) in [6, 6.07) is 0. The van der Waals surface area contributed by atoms with Crippen molar-refractivity contribution in [2.75, 3.05) is 13.2 Å². The van der Waals surface area contributed by atoms with E-state index in [-0.39, 0.29) is 37.8 Å². The van der Waals surface area contributed by atoms with Gasteiger partial charge in [0, 0.05) is 19.3 Å². The number of hydrogen-bond acceptors (Lipinski definition) is 5. The lowest BCUT2D eigenvalue weighted by molar-refractivity contribution is -0.145. The second-order valence-electron chi connectivity index (χ2n) is 2.83. The van der Waals surface area contributed by atoms with E-state index in [4.69, 9.17) is 4.74 Å². The highest BCUT2D eigenvalue weighted by Gasteiger charge is 2.06. The van der Waals surface area contributed by atoms with Crippen LogP contribution in [0.25, 0.3) is 0 Å². The van der Waals surface area contributed by atoms with Gasteiger partial charge in [0.05, 0.1) is 13.2 Å². The Bertz CT molecular complexity index is 212. The van der Waals surface area contributed by atoms with E-state index in [1.54, 1.807) is 6.92 Å². The van der Waals surface area contributed by atoms with Gasteiger partial charge in [0.2, 0.25) is 0 Å². The minimum atomic E-state index is -0.388. The molecule has 0 amide bonds. The molecule has 15 heavy (non-hydrogen) atoms. The maximum Gasteiger partial charge on any atom is 0.305 e. The molecule has 0 N–H and O–H groups in total. The van der Waals surface area contributed by atoms with Gasteiger partial charge in [0.25, 0.3) is 0 Å². The Balaban J connectivity index is 3.38. The van der Waals surface area contributed by atoms with E-state index in [0.29, 0.717) is 19.3 Å². The summed E-state index contributed by atoms with van der Waals surface area (Å²) >= 11 is 0. The fourth-order valence-corrected chi connectivity index (χ4v) is 0.903. The molecule has 0 fully saturated rings. The maximum atomic E-state index is 11.0. The number of ether oxygens (including phenoxy) is 2. The third kappa shape index (κ3) is 8.93. The van der Waals surface area contributed by atoms with E-state index in [2.05, 4.69) is 4.74 Å². The van der Waals surface area contributed by atoms with Crippen LogP contribution in [-0.2, 0) is 23.9 Å². The van der Waals surface area contributed by atoms with E-state index < -0.39 is 0 Å². The smallest absolute Gasteiger partial charge is 0.305 e. The third-order valence-corrected chi connectivity index (χ3v) is 1.57. The van der Waals surface area contributed by atoms with E-state index in [1.807, 2.05) is 0 Å². The van der Waals surface area contributed by atoms with Crippen LogP contribution in [0.5, 0.6) is 0 Å². The van der Waals surface area contributed by atoms with Crippen LogP contribution in [0.1, 0.15) is 32.6 Å². The van der Waals surface area contributed by atoms with E-state index in [1.165, 1.54) is 0 Å². The Hall–Kier alpha value is -1.39. The normalized spacial score (nSPS) is 9.40. The van der Waals surface area contributed by atoms with Gasteiger partial charge in [0.15, 0.2) is 0 Å². The minimum Gasteiger partial charge on any atom is -0.466 e. The van der Waals surface area contributed by atoms with Crippen LogP contribution in [0.2, 0.25) is 0 Å². The molecule has 5 heteroatoms. The van der Waals surface area contributed by atoms with Gasteiger partial charge in [0.1, 0.15) is 6.29 Å². The molecule has 0 spiro atoms. The molecule has 86 valence electrons. The molecule has 0 atom stereocenters. The first-order chi connectivity index (χ1) is 7.20. The van der Waals surface area contributed by atoms with Gasteiger partial charge in [-0.05, 0) is 13.3 Å². The van der Waals surface area contributed by atoms with Crippen LogP contribution in [0.15, 0.2) is 0 Å². The predicted octanol–water partition coefficient (Wildman–Crippen LogP) is 0.852. The molecule has 0 aromatic heterocycles. The Kier molecular flexibility index (Phi) is 8.33. The Morgan fingerprint density at radius 3 is 2.27 bits per heavy atom. The molecule has 0 rings (SSSR count). The predicted molar refractivity (Wildman–Crippen MR) is 52.1 cm³/mol. The molecule has 0 heterocycles. The fourth-order valence-electron chi connectivity index (χ4n) is 0.903. The second kappa shape index (κ2) is 9.18. The molecule has 0 bridgehead atoms. The van der Waals surface area contributed by atoms with Crippen molar-refractivity contribution in [1.29, 1.82) is 0 Å². The number of rotatable bonds is 8. The number of carbonyl (C=O) groups excluding carboxylic acids is 3. The summed E-state index contributed by atoms with van der Waals surface area (Å²) in [6.45, 7) is 2.19. The first-order valence-electron chi connectivity index (χ1n) is 4.95. The van der Waals surface area contributed by atoms with Crippen LogP contribution in [0.4, 0.5) is 0 Å². The number of esters is 2. The minimum absolute atomic E-state index is 0.113. The SMILES string of the molecule is CCOC(=O)CCCC(=O)OCCC=O. The van der Waals surface area contributed by atoms with Gasteiger partial charge in [-0.3, -0.25) is 9.59 Å². The molecule has 0 aliphatic rings. The van der Waals surface area contributed by atoms with Crippen LogP contribution in [0, 0.1) is 0 Å². The first kappa shape index (κ1) is 13.6. The third-order valence-electron chi connectivity index (χ3n) is 1.57. The summed E-state index contributed by atoms with van der Waals surface area (Å²) in [6.07, 6.45) is 1.71. The average Bonchev–Trinajstić information content (AvgIpc) is 2.18. The van der Waals surface area contributed by atoms with Gasteiger partial charge in [-0.15, -0.1) is 0 Å². The van der Waals surface area contributed by atoms with Crippen LogP contribution >= 0.6 is 0 Å². The van der Waals surface area contributed by atoms with Crippen molar-refractivity contribution >= 4 is 18.2 Å². The summed E-state index contributed by atoms with van der Waals surface area (Å²) in [5.41, 5.74) is 0. The topological polar surface area (TPSA) is 69.7 Å². The lowest BCUT2D eigenvalue weighted by Crippen LogP contribution is -2.08. The molecular weight excluding hydrogens is 200 g/mol. The van der Waals surface area contributed by atoms with Gasteiger partial charge >= 0.3 is 11.9 Å². The van der Waals surface area contributed by atoms with Crippen LogP contribution in [0.3, 0.4) is 0 Å². The summed E-state index contributed by atoms with van der Waals surface area (Å²) in [5, 5.41) is 0. The monoisotopic (exact) mass is 216 g/mol. The fraction of sp³-hybridized carbons (Fsp3) is 0.700. The lowest BCUT2D eigenvalue weighted by Gasteiger charge is -2.02. The van der Waals surface area contributed by atoms with Crippen molar-refractivity contribution in [3.05, 3.63) is 0 Å². The number of carbonyl (C=O) groups is 3. The molecular formula is C10H16O5. The van der Waals surface area contributed by atoms with Crippen molar-refractivity contribution in [2.45, 2.75) is 32.6 Å². The summed E-state index contributed by atoms with van der Waals surface area (Å²) < 4.78 is 9.39. The number of hydrogen-bond donors (Lipinski definition) is 0. The van der Waals surface area contributed by atoms with Gasteiger partial charge in [-0.25, -0.2) is 0 Å². The Labute approximate surface area is 88.7 Å². The molecule has 0 aliphatic carbocycles. The summed E-state index contributed by atoms with van der Waals surface area (Å²) in [4.78, 5) is 31.7. The molecule has 5 nitrogen and oxygen atoms in total. The van der Waals surface area contributed by atoms with Crippen LogP contribution < -0.4 is 0 Å². The highest BCUT2D eigenvalue weighted by atomic mass is 16.5. The van der Waals surface area contributed by atoms with Crippen molar-refractivity contribution in [3.8, 4) is 0 Å². The largest absolute Gasteiger partial charge is 0.466 e. The number of aldehydes is 1. The van der Waals surface area contributed by atoms with E-state index in [0.717, 1.165) is 0 Å². The van der Waals surface area contributed by atoms with E-state index >= 15 is 0 Å². The highest BCUT2D eigenvalue weighted by molar-refractivity contribution is 5.72. The molecule has 0 unspecified atom stereocenters. The molecule has 0 aromatic rings. The molecule has 0 saturated carbocycles. The van der Waals surface area contributed by atoms with Crippen molar-refractivity contribution in [1.82, 2.24) is 0 Å². The first-order valence-corrected chi connectivity index (χ1v) is 4.95. The molecule has 0 aromatic carbocycles.